The number of carbonyl (C=O) groups is 1. The van der Waals surface area contributed by atoms with Crippen LogP contribution in [0.3, 0.4) is 0 Å². The van der Waals surface area contributed by atoms with E-state index in [4.69, 9.17) is 5.11 Å². The van der Waals surface area contributed by atoms with Crippen LogP contribution in [0.15, 0.2) is 16.6 Å². The lowest BCUT2D eigenvalue weighted by Crippen LogP contribution is -2.30. The number of likely N-dealkylation sites (N-methyl/N-ethyl adjacent to an activating group) is 1. The van der Waals surface area contributed by atoms with Gasteiger partial charge in [0.25, 0.3) is 0 Å². The molecule has 0 aliphatic carbocycles. The van der Waals surface area contributed by atoms with Crippen LogP contribution in [-0.4, -0.2) is 42.7 Å². The normalized spacial score (nSPS) is 12.6. The van der Waals surface area contributed by atoms with Crippen molar-refractivity contribution in [1.29, 1.82) is 0 Å². The number of hydrogen-bond donors (Lipinski definition) is 2. The zero-order chi connectivity index (χ0) is 13.9. The highest BCUT2D eigenvalue weighted by Gasteiger charge is 2.16. The molecule has 0 heterocycles. The van der Waals surface area contributed by atoms with Crippen molar-refractivity contribution >= 4 is 27.6 Å². The van der Waals surface area contributed by atoms with E-state index in [1.807, 2.05) is 25.9 Å². The molecule has 18 heavy (non-hydrogen) atoms. The molecule has 0 aliphatic heterocycles. The molecule has 0 aromatic heterocycles. The van der Waals surface area contributed by atoms with E-state index in [1.54, 1.807) is 0 Å². The molecular formula is C12H16BrFN2O2. The number of benzene rings is 1. The van der Waals surface area contributed by atoms with Gasteiger partial charge in [-0.1, -0.05) is 0 Å². The van der Waals surface area contributed by atoms with Crippen LogP contribution in [0, 0.1) is 5.82 Å². The Morgan fingerprint density at radius 3 is 2.67 bits per heavy atom. The first-order valence-corrected chi connectivity index (χ1v) is 6.24. The van der Waals surface area contributed by atoms with Gasteiger partial charge in [0, 0.05) is 12.6 Å². The fourth-order valence-electron chi connectivity index (χ4n) is 1.68. The van der Waals surface area contributed by atoms with Gasteiger partial charge >= 0.3 is 5.97 Å². The van der Waals surface area contributed by atoms with Gasteiger partial charge in [0.2, 0.25) is 0 Å². The van der Waals surface area contributed by atoms with Gasteiger partial charge < -0.3 is 15.3 Å². The molecule has 1 aromatic carbocycles. The Kier molecular flexibility index (Phi) is 5.10. The Bertz CT molecular complexity index is 452. The molecular weight excluding hydrogens is 303 g/mol. The molecule has 0 amide bonds. The third kappa shape index (κ3) is 3.68. The van der Waals surface area contributed by atoms with Crippen molar-refractivity contribution in [2.45, 2.75) is 13.0 Å². The van der Waals surface area contributed by atoms with Gasteiger partial charge in [0.05, 0.1) is 15.7 Å². The average Bonchev–Trinajstić information content (AvgIpc) is 2.23. The highest BCUT2D eigenvalue weighted by molar-refractivity contribution is 9.10. The second-order valence-corrected chi connectivity index (χ2v) is 5.19. The van der Waals surface area contributed by atoms with Crippen molar-refractivity contribution in [2.24, 2.45) is 0 Å². The number of rotatable bonds is 5. The number of aromatic carboxylic acids is 1. The summed E-state index contributed by atoms with van der Waals surface area (Å²) in [6.45, 7) is 2.68. The summed E-state index contributed by atoms with van der Waals surface area (Å²) in [7, 11) is 3.86. The molecule has 1 atom stereocenters. The van der Waals surface area contributed by atoms with E-state index in [9.17, 15) is 9.18 Å². The zero-order valence-electron chi connectivity index (χ0n) is 10.5. The first kappa shape index (κ1) is 14.9. The van der Waals surface area contributed by atoms with Crippen molar-refractivity contribution in [3.8, 4) is 0 Å². The monoisotopic (exact) mass is 318 g/mol. The Balaban J connectivity index is 2.92. The number of anilines is 1. The first-order chi connectivity index (χ1) is 8.32. The van der Waals surface area contributed by atoms with Gasteiger partial charge in [-0.25, -0.2) is 9.18 Å². The predicted octanol–water partition coefficient (Wildman–Crippen LogP) is 2.65. The van der Waals surface area contributed by atoms with E-state index in [1.165, 1.54) is 12.1 Å². The fraction of sp³-hybridized carbons (Fsp3) is 0.417. The molecule has 4 nitrogen and oxygen atoms in total. The molecule has 0 bridgehead atoms. The standard InChI is InChI=1S/C12H16BrFN2O2/c1-7(6-16(2)3)15-9-5-4-8(12(17)18)10(13)11(9)14/h4-5,7,15H,6H2,1-3H3,(H,17,18). The summed E-state index contributed by atoms with van der Waals surface area (Å²) in [4.78, 5) is 12.8. The minimum absolute atomic E-state index is 0.0305. The van der Waals surface area contributed by atoms with Crippen LogP contribution in [-0.2, 0) is 0 Å². The lowest BCUT2D eigenvalue weighted by molar-refractivity contribution is 0.0695. The van der Waals surface area contributed by atoms with Gasteiger partial charge in [-0.2, -0.15) is 0 Å². The summed E-state index contributed by atoms with van der Waals surface area (Å²) in [5, 5.41) is 11.9. The van der Waals surface area contributed by atoms with E-state index < -0.39 is 11.8 Å². The Morgan fingerprint density at radius 1 is 1.56 bits per heavy atom. The number of hydrogen-bond acceptors (Lipinski definition) is 3. The fourth-order valence-corrected chi connectivity index (χ4v) is 2.20. The molecule has 2 N–H and O–H groups in total. The van der Waals surface area contributed by atoms with Crippen LogP contribution in [0.2, 0.25) is 0 Å². The van der Waals surface area contributed by atoms with E-state index >= 15 is 0 Å². The molecule has 0 radical (unpaired) electrons. The summed E-state index contributed by atoms with van der Waals surface area (Å²) in [5.41, 5.74) is 0.208. The molecule has 1 unspecified atom stereocenters. The maximum absolute atomic E-state index is 13.9. The third-order valence-electron chi connectivity index (χ3n) is 2.35. The van der Waals surface area contributed by atoms with Gasteiger partial charge in [-0.05, 0) is 49.1 Å². The molecule has 0 saturated carbocycles. The lowest BCUT2D eigenvalue weighted by atomic mass is 10.2. The molecule has 100 valence electrons. The second-order valence-electron chi connectivity index (χ2n) is 4.40. The van der Waals surface area contributed by atoms with Crippen LogP contribution in [0.4, 0.5) is 10.1 Å². The molecule has 0 spiro atoms. The predicted molar refractivity (Wildman–Crippen MR) is 72.7 cm³/mol. The van der Waals surface area contributed by atoms with Crippen molar-refractivity contribution in [1.82, 2.24) is 4.90 Å². The Labute approximate surface area is 114 Å². The van der Waals surface area contributed by atoms with Gasteiger partial charge in [-0.3, -0.25) is 0 Å². The van der Waals surface area contributed by atoms with Crippen molar-refractivity contribution in [3.05, 3.63) is 28.0 Å². The van der Waals surface area contributed by atoms with Crippen LogP contribution in [0.25, 0.3) is 0 Å². The Hall–Kier alpha value is -1.14. The summed E-state index contributed by atoms with van der Waals surface area (Å²) in [5.74, 6) is -1.74. The summed E-state index contributed by atoms with van der Waals surface area (Å²) in [6, 6.07) is 2.87. The number of halogens is 2. The van der Waals surface area contributed by atoms with Crippen molar-refractivity contribution in [2.75, 3.05) is 26.0 Å². The first-order valence-electron chi connectivity index (χ1n) is 5.45. The highest BCUT2D eigenvalue weighted by atomic mass is 79.9. The molecule has 6 heteroatoms. The van der Waals surface area contributed by atoms with E-state index in [2.05, 4.69) is 21.2 Å². The summed E-state index contributed by atoms with van der Waals surface area (Å²) >= 11 is 2.97. The van der Waals surface area contributed by atoms with Gasteiger partial charge in [0.1, 0.15) is 0 Å². The molecule has 0 aliphatic rings. The number of carboxylic acids is 1. The van der Waals surface area contributed by atoms with Gasteiger partial charge in [0.15, 0.2) is 5.82 Å². The topological polar surface area (TPSA) is 52.6 Å². The smallest absolute Gasteiger partial charge is 0.336 e. The molecule has 0 saturated heterocycles. The zero-order valence-corrected chi connectivity index (χ0v) is 12.1. The summed E-state index contributed by atoms with van der Waals surface area (Å²) in [6.07, 6.45) is 0. The number of nitrogens with zero attached hydrogens (tertiary/aromatic N) is 1. The highest BCUT2D eigenvalue weighted by Crippen LogP contribution is 2.27. The van der Waals surface area contributed by atoms with Crippen LogP contribution in [0.1, 0.15) is 17.3 Å². The number of carboxylic acid groups (broad SMARTS) is 1. The van der Waals surface area contributed by atoms with Crippen LogP contribution < -0.4 is 5.32 Å². The van der Waals surface area contributed by atoms with Crippen LogP contribution >= 0.6 is 15.9 Å². The van der Waals surface area contributed by atoms with Crippen molar-refractivity contribution in [3.63, 3.8) is 0 Å². The van der Waals surface area contributed by atoms with Crippen molar-refractivity contribution < 1.29 is 14.3 Å². The molecule has 1 aromatic rings. The maximum Gasteiger partial charge on any atom is 0.336 e. The summed E-state index contributed by atoms with van der Waals surface area (Å²) < 4.78 is 13.9. The quantitative estimate of drug-likeness (QED) is 0.876. The average molecular weight is 319 g/mol. The minimum Gasteiger partial charge on any atom is -0.478 e. The number of nitrogens with one attached hydrogen (secondary N) is 1. The van der Waals surface area contributed by atoms with Crippen LogP contribution in [0.5, 0.6) is 0 Å². The third-order valence-corrected chi connectivity index (χ3v) is 3.13. The molecule has 0 fully saturated rings. The second kappa shape index (κ2) is 6.15. The maximum atomic E-state index is 13.9. The Morgan fingerprint density at radius 2 is 2.17 bits per heavy atom. The minimum atomic E-state index is -1.16. The largest absolute Gasteiger partial charge is 0.478 e. The van der Waals surface area contributed by atoms with E-state index in [-0.39, 0.29) is 16.1 Å². The van der Waals surface area contributed by atoms with Gasteiger partial charge in [-0.15, -0.1) is 0 Å². The van der Waals surface area contributed by atoms with E-state index in [0.29, 0.717) is 5.69 Å². The molecule has 1 rings (SSSR count). The van der Waals surface area contributed by atoms with E-state index in [0.717, 1.165) is 6.54 Å². The SMILES string of the molecule is CC(CN(C)C)Nc1ccc(C(=O)O)c(Br)c1F. The lowest BCUT2D eigenvalue weighted by Gasteiger charge is -2.20.